The van der Waals surface area contributed by atoms with Crippen LogP contribution in [0.15, 0.2) is 18.3 Å². The average molecular weight is 246 g/mol. The lowest BCUT2D eigenvalue weighted by molar-refractivity contribution is 0.0806. The SMILES string of the molecule is COCCCOCCOc1cccnc1Cl. The number of methoxy groups -OCH3 is 1. The van der Waals surface area contributed by atoms with Crippen molar-refractivity contribution in [2.75, 3.05) is 33.5 Å². The van der Waals surface area contributed by atoms with Crippen LogP contribution in [0.25, 0.3) is 0 Å². The Morgan fingerprint density at radius 3 is 2.88 bits per heavy atom. The first-order chi connectivity index (χ1) is 7.84. The molecule has 0 spiro atoms. The maximum Gasteiger partial charge on any atom is 0.171 e. The number of ether oxygens (including phenoxy) is 3. The molecular formula is C11H16ClNO3. The topological polar surface area (TPSA) is 40.6 Å². The van der Waals surface area contributed by atoms with Crippen molar-refractivity contribution in [1.29, 1.82) is 0 Å². The van der Waals surface area contributed by atoms with Gasteiger partial charge in [0, 0.05) is 26.5 Å². The molecule has 5 heteroatoms. The number of pyridine rings is 1. The molecule has 0 fully saturated rings. The fourth-order valence-corrected chi connectivity index (χ4v) is 1.27. The molecule has 16 heavy (non-hydrogen) atoms. The van der Waals surface area contributed by atoms with Crippen molar-refractivity contribution in [3.05, 3.63) is 23.5 Å². The first kappa shape index (κ1) is 13.2. The Hall–Kier alpha value is -0.840. The second kappa shape index (κ2) is 8.33. The van der Waals surface area contributed by atoms with E-state index >= 15 is 0 Å². The number of halogens is 1. The molecule has 90 valence electrons. The van der Waals surface area contributed by atoms with Gasteiger partial charge in [-0.15, -0.1) is 0 Å². The van der Waals surface area contributed by atoms with Gasteiger partial charge < -0.3 is 14.2 Å². The zero-order chi connectivity index (χ0) is 11.6. The highest BCUT2D eigenvalue weighted by molar-refractivity contribution is 6.30. The quantitative estimate of drug-likeness (QED) is 0.520. The molecule has 1 heterocycles. The first-order valence-corrected chi connectivity index (χ1v) is 5.52. The van der Waals surface area contributed by atoms with Gasteiger partial charge in [-0.2, -0.15) is 0 Å². The predicted molar refractivity (Wildman–Crippen MR) is 62.1 cm³/mol. The zero-order valence-corrected chi connectivity index (χ0v) is 10.1. The van der Waals surface area contributed by atoms with Crippen molar-refractivity contribution >= 4 is 11.6 Å². The number of hydrogen-bond donors (Lipinski definition) is 0. The highest BCUT2D eigenvalue weighted by Crippen LogP contribution is 2.19. The Balaban J connectivity index is 2.05. The molecule has 0 bridgehead atoms. The van der Waals surface area contributed by atoms with E-state index < -0.39 is 0 Å². The number of hydrogen-bond acceptors (Lipinski definition) is 4. The minimum Gasteiger partial charge on any atom is -0.488 e. The van der Waals surface area contributed by atoms with Crippen LogP contribution in [0.1, 0.15) is 6.42 Å². The molecule has 0 unspecified atom stereocenters. The molecule has 1 aromatic heterocycles. The summed E-state index contributed by atoms with van der Waals surface area (Å²) in [5.41, 5.74) is 0. The van der Waals surface area contributed by atoms with E-state index in [-0.39, 0.29) is 0 Å². The van der Waals surface area contributed by atoms with Gasteiger partial charge in [0.05, 0.1) is 6.61 Å². The summed E-state index contributed by atoms with van der Waals surface area (Å²) in [5, 5.41) is 0.377. The van der Waals surface area contributed by atoms with Crippen molar-refractivity contribution in [3.8, 4) is 5.75 Å². The summed E-state index contributed by atoms with van der Waals surface area (Å²) in [6, 6.07) is 3.56. The fraction of sp³-hybridized carbons (Fsp3) is 0.545. The van der Waals surface area contributed by atoms with Crippen LogP contribution in [0.5, 0.6) is 5.75 Å². The maximum atomic E-state index is 5.81. The molecule has 4 nitrogen and oxygen atoms in total. The van der Waals surface area contributed by atoms with E-state index in [1.54, 1.807) is 25.4 Å². The lowest BCUT2D eigenvalue weighted by Crippen LogP contribution is -2.08. The lowest BCUT2D eigenvalue weighted by atomic mass is 10.5. The van der Waals surface area contributed by atoms with E-state index in [1.807, 2.05) is 0 Å². The molecule has 1 aromatic rings. The molecule has 0 radical (unpaired) electrons. The minimum absolute atomic E-state index is 0.377. The highest BCUT2D eigenvalue weighted by atomic mass is 35.5. The molecule has 1 rings (SSSR count). The summed E-state index contributed by atoms with van der Waals surface area (Å²) < 4.78 is 15.6. The Morgan fingerprint density at radius 1 is 1.25 bits per heavy atom. The van der Waals surface area contributed by atoms with Crippen molar-refractivity contribution in [3.63, 3.8) is 0 Å². The molecule has 0 aliphatic carbocycles. The third-order valence-electron chi connectivity index (χ3n) is 1.85. The fourth-order valence-electron chi connectivity index (χ4n) is 1.10. The second-order valence-corrected chi connectivity index (χ2v) is 3.46. The Morgan fingerprint density at radius 2 is 2.12 bits per heavy atom. The molecule has 0 saturated carbocycles. The second-order valence-electron chi connectivity index (χ2n) is 3.10. The van der Waals surface area contributed by atoms with E-state index in [0.29, 0.717) is 30.7 Å². The van der Waals surface area contributed by atoms with Crippen LogP contribution < -0.4 is 4.74 Å². The molecular weight excluding hydrogens is 230 g/mol. The third kappa shape index (κ3) is 5.30. The summed E-state index contributed by atoms with van der Waals surface area (Å²) >= 11 is 5.81. The Bertz CT molecular complexity index is 296. The number of nitrogens with zero attached hydrogens (tertiary/aromatic N) is 1. The lowest BCUT2D eigenvalue weighted by Gasteiger charge is -2.07. The summed E-state index contributed by atoms with van der Waals surface area (Å²) in [7, 11) is 1.67. The normalized spacial score (nSPS) is 10.4. The molecule has 0 atom stereocenters. The highest BCUT2D eigenvalue weighted by Gasteiger charge is 2.00. The van der Waals surface area contributed by atoms with Crippen molar-refractivity contribution in [1.82, 2.24) is 4.98 Å². The third-order valence-corrected chi connectivity index (χ3v) is 2.13. The smallest absolute Gasteiger partial charge is 0.171 e. The molecule has 0 N–H and O–H groups in total. The van der Waals surface area contributed by atoms with E-state index in [9.17, 15) is 0 Å². The molecule has 0 aromatic carbocycles. The van der Waals surface area contributed by atoms with Gasteiger partial charge in [0.25, 0.3) is 0 Å². The van der Waals surface area contributed by atoms with E-state index in [4.69, 9.17) is 25.8 Å². The van der Waals surface area contributed by atoms with Gasteiger partial charge in [0.1, 0.15) is 6.61 Å². The van der Waals surface area contributed by atoms with Gasteiger partial charge in [-0.1, -0.05) is 11.6 Å². The largest absolute Gasteiger partial charge is 0.488 e. The van der Waals surface area contributed by atoms with Gasteiger partial charge >= 0.3 is 0 Å². The van der Waals surface area contributed by atoms with Crippen molar-refractivity contribution in [2.24, 2.45) is 0 Å². The maximum absolute atomic E-state index is 5.81. The first-order valence-electron chi connectivity index (χ1n) is 5.14. The van der Waals surface area contributed by atoms with Crippen LogP contribution in [0.2, 0.25) is 5.15 Å². The van der Waals surface area contributed by atoms with Gasteiger partial charge in [-0.25, -0.2) is 4.98 Å². The van der Waals surface area contributed by atoms with E-state index in [1.165, 1.54) is 0 Å². The molecule has 0 aliphatic heterocycles. The van der Waals surface area contributed by atoms with Crippen molar-refractivity contribution < 1.29 is 14.2 Å². The van der Waals surface area contributed by atoms with Gasteiger partial charge in [0.2, 0.25) is 0 Å². The molecule has 0 aliphatic rings. The number of rotatable bonds is 8. The van der Waals surface area contributed by atoms with Crippen LogP contribution in [-0.4, -0.2) is 38.5 Å². The van der Waals surface area contributed by atoms with Gasteiger partial charge in [-0.3, -0.25) is 0 Å². The summed E-state index contributed by atoms with van der Waals surface area (Å²) in [5.74, 6) is 0.588. The summed E-state index contributed by atoms with van der Waals surface area (Å²) in [6.45, 7) is 2.40. The minimum atomic E-state index is 0.377. The van der Waals surface area contributed by atoms with Crippen LogP contribution in [0, 0.1) is 0 Å². The summed E-state index contributed by atoms with van der Waals surface area (Å²) in [4.78, 5) is 3.90. The Labute approximate surface area is 100 Å². The number of aromatic nitrogens is 1. The van der Waals surface area contributed by atoms with E-state index in [0.717, 1.165) is 13.0 Å². The standard InChI is InChI=1S/C11H16ClNO3/c1-14-6-3-7-15-8-9-16-10-4-2-5-13-11(10)12/h2,4-5H,3,6-9H2,1H3. The van der Waals surface area contributed by atoms with Crippen LogP contribution in [-0.2, 0) is 9.47 Å². The van der Waals surface area contributed by atoms with Gasteiger partial charge in [0.15, 0.2) is 10.9 Å². The Kier molecular flexibility index (Phi) is 6.88. The predicted octanol–water partition coefficient (Wildman–Crippen LogP) is 2.17. The monoisotopic (exact) mass is 245 g/mol. The summed E-state index contributed by atoms with van der Waals surface area (Å²) in [6.07, 6.45) is 2.51. The average Bonchev–Trinajstić information content (AvgIpc) is 2.30. The van der Waals surface area contributed by atoms with Gasteiger partial charge in [-0.05, 0) is 18.6 Å². The van der Waals surface area contributed by atoms with Crippen molar-refractivity contribution in [2.45, 2.75) is 6.42 Å². The van der Waals surface area contributed by atoms with Crippen LogP contribution in [0.4, 0.5) is 0 Å². The molecule has 0 saturated heterocycles. The van der Waals surface area contributed by atoms with Crippen LogP contribution in [0.3, 0.4) is 0 Å². The van der Waals surface area contributed by atoms with Crippen LogP contribution >= 0.6 is 11.6 Å². The van der Waals surface area contributed by atoms with E-state index in [2.05, 4.69) is 4.98 Å². The zero-order valence-electron chi connectivity index (χ0n) is 9.32. The molecule has 0 amide bonds.